The minimum atomic E-state index is -0.167. The smallest absolute Gasteiger partial charge is 0.251 e. The third kappa shape index (κ3) is 2.22. The van der Waals surface area contributed by atoms with Crippen LogP contribution in [-0.4, -0.2) is 15.9 Å². The number of rotatable bonds is 3. The fourth-order valence-electron chi connectivity index (χ4n) is 1.97. The van der Waals surface area contributed by atoms with Gasteiger partial charge in [-0.15, -0.1) is 0 Å². The van der Waals surface area contributed by atoms with Crippen molar-refractivity contribution < 1.29 is 9.21 Å². The topological polar surface area (TPSA) is 70.9 Å². The molecule has 1 amide bonds. The van der Waals surface area contributed by atoms with Gasteiger partial charge < -0.3 is 14.7 Å². The lowest BCUT2D eigenvalue weighted by Gasteiger charge is -2.11. The Labute approximate surface area is 109 Å². The first kappa shape index (κ1) is 11.5. The minimum absolute atomic E-state index is 0.139. The van der Waals surface area contributed by atoms with Gasteiger partial charge in [-0.3, -0.25) is 4.79 Å². The SMILES string of the molecule is C[C@H](NC(=O)c1ccc2nc[nH]c2c1)c1ccco1. The maximum absolute atomic E-state index is 12.1. The second-order valence-electron chi connectivity index (χ2n) is 4.35. The molecule has 19 heavy (non-hydrogen) atoms. The van der Waals surface area contributed by atoms with Crippen molar-refractivity contribution >= 4 is 16.9 Å². The summed E-state index contributed by atoms with van der Waals surface area (Å²) in [6.45, 7) is 1.88. The Hall–Kier alpha value is -2.56. The number of furan rings is 1. The lowest BCUT2D eigenvalue weighted by atomic mass is 10.1. The number of carbonyl (C=O) groups excluding carboxylic acids is 1. The van der Waals surface area contributed by atoms with Crippen LogP contribution in [0.1, 0.15) is 29.1 Å². The van der Waals surface area contributed by atoms with Gasteiger partial charge in [-0.05, 0) is 37.3 Å². The highest BCUT2D eigenvalue weighted by Crippen LogP contribution is 2.15. The van der Waals surface area contributed by atoms with Gasteiger partial charge in [-0.2, -0.15) is 0 Å². The van der Waals surface area contributed by atoms with Gasteiger partial charge in [0, 0.05) is 5.56 Å². The largest absolute Gasteiger partial charge is 0.467 e. The molecule has 1 aromatic carbocycles. The summed E-state index contributed by atoms with van der Waals surface area (Å²) >= 11 is 0. The Morgan fingerprint density at radius 3 is 3.11 bits per heavy atom. The van der Waals surface area contributed by atoms with Crippen molar-refractivity contribution in [1.82, 2.24) is 15.3 Å². The van der Waals surface area contributed by atoms with Gasteiger partial charge in [0.2, 0.25) is 0 Å². The summed E-state index contributed by atoms with van der Waals surface area (Å²) in [5.74, 6) is 0.594. The van der Waals surface area contributed by atoms with Crippen LogP contribution in [0.3, 0.4) is 0 Å². The molecule has 2 N–H and O–H groups in total. The van der Waals surface area contributed by atoms with E-state index >= 15 is 0 Å². The number of aromatic amines is 1. The quantitative estimate of drug-likeness (QED) is 0.755. The van der Waals surface area contributed by atoms with Gasteiger partial charge in [-0.1, -0.05) is 0 Å². The normalized spacial score (nSPS) is 12.5. The Morgan fingerprint density at radius 2 is 2.32 bits per heavy atom. The number of nitrogens with one attached hydrogen (secondary N) is 2. The van der Waals surface area contributed by atoms with E-state index in [1.54, 1.807) is 30.8 Å². The number of hydrogen-bond acceptors (Lipinski definition) is 3. The highest BCUT2D eigenvalue weighted by atomic mass is 16.3. The standard InChI is InChI=1S/C14H13N3O2/c1-9(13-3-2-6-19-13)17-14(18)10-4-5-11-12(7-10)16-8-15-11/h2-9H,1H3,(H,15,16)(H,17,18)/t9-/m0/s1. The molecule has 0 fully saturated rings. The fourth-order valence-corrected chi connectivity index (χ4v) is 1.97. The fraction of sp³-hybridized carbons (Fsp3) is 0.143. The molecule has 0 spiro atoms. The second kappa shape index (κ2) is 4.61. The zero-order valence-electron chi connectivity index (χ0n) is 10.4. The van der Waals surface area contributed by atoms with E-state index in [4.69, 9.17) is 4.42 Å². The zero-order valence-corrected chi connectivity index (χ0v) is 10.4. The van der Waals surface area contributed by atoms with Crippen molar-refractivity contribution in [3.63, 3.8) is 0 Å². The molecule has 1 atom stereocenters. The van der Waals surface area contributed by atoms with E-state index in [0.717, 1.165) is 16.8 Å². The molecule has 0 bridgehead atoms. The van der Waals surface area contributed by atoms with Crippen LogP contribution in [0.5, 0.6) is 0 Å². The lowest BCUT2D eigenvalue weighted by molar-refractivity contribution is 0.0935. The van der Waals surface area contributed by atoms with Gasteiger partial charge in [0.15, 0.2) is 0 Å². The number of aromatic nitrogens is 2. The highest BCUT2D eigenvalue weighted by molar-refractivity contribution is 5.97. The van der Waals surface area contributed by atoms with E-state index < -0.39 is 0 Å². The molecule has 0 aliphatic carbocycles. The van der Waals surface area contributed by atoms with Gasteiger partial charge in [0.05, 0.1) is 29.7 Å². The first-order valence-electron chi connectivity index (χ1n) is 6.01. The van der Waals surface area contributed by atoms with Crippen LogP contribution in [0.2, 0.25) is 0 Å². The number of H-pyrrole nitrogens is 1. The summed E-state index contributed by atoms with van der Waals surface area (Å²) in [7, 11) is 0. The molecule has 96 valence electrons. The van der Waals surface area contributed by atoms with Crippen molar-refractivity contribution in [2.45, 2.75) is 13.0 Å². The molecular formula is C14H13N3O2. The van der Waals surface area contributed by atoms with Crippen LogP contribution in [0.25, 0.3) is 11.0 Å². The molecular weight excluding hydrogens is 242 g/mol. The monoisotopic (exact) mass is 255 g/mol. The molecule has 5 nitrogen and oxygen atoms in total. The number of imidazole rings is 1. The van der Waals surface area contributed by atoms with Crippen LogP contribution in [0.15, 0.2) is 47.3 Å². The first-order chi connectivity index (χ1) is 9.24. The maximum atomic E-state index is 12.1. The Morgan fingerprint density at radius 1 is 1.42 bits per heavy atom. The summed E-state index contributed by atoms with van der Waals surface area (Å²) in [4.78, 5) is 19.2. The molecule has 0 saturated heterocycles. The second-order valence-corrected chi connectivity index (χ2v) is 4.35. The molecule has 5 heteroatoms. The molecule has 0 saturated carbocycles. The van der Waals surface area contributed by atoms with Crippen LogP contribution < -0.4 is 5.32 Å². The minimum Gasteiger partial charge on any atom is -0.467 e. The highest BCUT2D eigenvalue weighted by Gasteiger charge is 2.13. The van der Waals surface area contributed by atoms with E-state index in [2.05, 4.69) is 15.3 Å². The molecule has 2 aromatic heterocycles. The molecule has 0 aliphatic heterocycles. The number of nitrogens with zero attached hydrogens (tertiary/aromatic N) is 1. The lowest BCUT2D eigenvalue weighted by Crippen LogP contribution is -2.26. The third-order valence-corrected chi connectivity index (χ3v) is 3.00. The predicted molar refractivity (Wildman–Crippen MR) is 70.7 cm³/mol. The van der Waals surface area contributed by atoms with E-state index in [1.165, 1.54) is 0 Å². The van der Waals surface area contributed by atoms with Gasteiger partial charge in [0.1, 0.15) is 5.76 Å². The van der Waals surface area contributed by atoms with E-state index in [0.29, 0.717) is 5.56 Å². The summed E-state index contributed by atoms with van der Waals surface area (Å²) in [5.41, 5.74) is 2.28. The summed E-state index contributed by atoms with van der Waals surface area (Å²) in [6.07, 6.45) is 3.20. The predicted octanol–water partition coefficient (Wildman–Crippen LogP) is 2.65. The summed E-state index contributed by atoms with van der Waals surface area (Å²) in [5, 5.41) is 2.89. The molecule has 0 aliphatic rings. The first-order valence-corrected chi connectivity index (χ1v) is 6.01. The van der Waals surface area contributed by atoms with Gasteiger partial charge >= 0.3 is 0 Å². The van der Waals surface area contributed by atoms with Crippen molar-refractivity contribution in [2.75, 3.05) is 0 Å². The number of hydrogen-bond donors (Lipinski definition) is 2. The zero-order chi connectivity index (χ0) is 13.2. The molecule has 3 aromatic rings. The van der Waals surface area contributed by atoms with Crippen molar-refractivity contribution in [3.8, 4) is 0 Å². The van der Waals surface area contributed by atoms with Crippen LogP contribution in [0.4, 0.5) is 0 Å². The average Bonchev–Trinajstić information content (AvgIpc) is 3.09. The number of amides is 1. The average molecular weight is 255 g/mol. The van der Waals surface area contributed by atoms with Crippen molar-refractivity contribution in [1.29, 1.82) is 0 Å². The van der Waals surface area contributed by atoms with Crippen LogP contribution >= 0.6 is 0 Å². The van der Waals surface area contributed by atoms with Crippen molar-refractivity contribution in [2.24, 2.45) is 0 Å². The maximum Gasteiger partial charge on any atom is 0.251 e. The number of benzene rings is 1. The molecule has 3 rings (SSSR count). The van der Waals surface area contributed by atoms with E-state index in [-0.39, 0.29) is 11.9 Å². The molecule has 2 heterocycles. The van der Waals surface area contributed by atoms with Gasteiger partial charge in [-0.25, -0.2) is 4.98 Å². The molecule has 0 unspecified atom stereocenters. The van der Waals surface area contributed by atoms with Gasteiger partial charge in [0.25, 0.3) is 5.91 Å². The Balaban J connectivity index is 1.79. The van der Waals surface area contributed by atoms with E-state index in [1.807, 2.05) is 19.1 Å². The summed E-state index contributed by atoms with van der Waals surface area (Å²) < 4.78 is 5.26. The summed E-state index contributed by atoms with van der Waals surface area (Å²) in [6, 6.07) is 8.83. The Kier molecular flexibility index (Phi) is 2.79. The van der Waals surface area contributed by atoms with Crippen LogP contribution in [0, 0.1) is 0 Å². The van der Waals surface area contributed by atoms with Crippen molar-refractivity contribution in [3.05, 3.63) is 54.2 Å². The number of fused-ring (bicyclic) bond motifs is 1. The Bertz CT molecular complexity index is 700. The van der Waals surface area contributed by atoms with Crippen LogP contribution in [-0.2, 0) is 0 Å². The molecule has 0 radical (unpaired) electrons. The number of carbonyl (C=O) groups is 1. The van der Waals surface area contributed by atoms with E-state index in [9.17, 15) is 4.79 Å². The third-order valence-electron chi connectivity index (χ3n) is 3.00.